The fourth-order valence-corrected chi connectivity index (χ4v) is 4.35. The minimum atomic E-state index is -1.07. The van der Waals surface area contributed by atoms with Crippen LogP contribution in [0.2, 0.25) is 0 Å². The van der Waals surface area contributed by atoms with Crippen molar-refractivity contribution in [2.45, 2.75) is 109 Å². The van der Waals surface area contributed by atoms with E-state index in [1.807, 2.05) is 18.2 Å². The summed E-state index contributed by atoms with van der Waals surface area (Å²) in [6.45, 7) is 2.26. The van der Waals surface area contributed by atoms with Gasteiger partial charge in [0.15, 0.2) is 5.78 Å². The summed E-state index contributed by atoms with van der Waals surface area (Å²) in [5, 5.41) is 21.2. The van der Waals surface area contributed by atoms with Crippen LogP contribution in [0.3, 0.4) is 0 Å². The summed E-state index contributed by atoms with van der Waals surface area (Å²) in [6.07, 6.45) is 20.7. The van der Waals surface area contributed by atoms with E-state index < -0.39 is 5.60 Å². The third kappa shape index (κ3) is 9.43. The average molecular weight is 427 g/mol. The van der Waals surface area contributed by atoms with Gasteiger partial charge in [-0.1, -0.05) is 127 Å². The molecular weight excluding hydrogens is 384 g/mol. The van der Waals surface area contributed by atoms with Crippen LogP contribution in [0.4, 0.5) is 0 Å². The Morgan fingerprint density at radius 1 is 0.839 bits per heavy atom. The van der Waals surface area contributed by atoms with Gasteiger partial charge in [0.25, 0.3) is 0 Å². The molecule has 0 aliphatic heterocycles. The van der Waals surface area contributed by atoms with Crippen LogP contribution in [0.15, 0.2) is 48.1 Å². The zero-order chi connectivity index (χ0) is 22.4. The predicted molar refractivity (Wildman–Crippen MR) is 130 cm³/mol. The second-order valence-corrected chi connectivity index (χ2v) is 9.16. The molecule has 1 atom stereocenters. The molecule has 3 nitrogen and oxygen atoms in total. The van der Waals surface area contributed by atoms with E-state index in [-0.39, 0.29) is 18.0 Å². The zero-order valence-corrected chi connectivity index (χ0v) is 19.5. The number of ketones is 1. The fraction of sp³-hybridized carbons (Fsp3) is 0.607. The van der Waals surface area contributed by atoms with Crippen LogP contribution < -0.4 is 0 Å². The predicted octanol–water partition coefficient (Wildman–Crippen LogP) is 7.70. The van der Waals surface area contributed by atoms with E-state index >= 15 is 0 Å². The molecule has 1 aromatic rings. The van der Waals surface area contributed by atoms with Crippen molar-refractivity contribution < 1.29 is 15.0 Å². The van der Waals surface area contributed by atoms with Crippen molar-refractivity contribution in [1.82, 2.24) is 0 Å². The Bertz CT molecular complexity index is 704. The minimum Gasteiger partial charge on any atom is -0.507 e. The lowest BCUT2D eigenvalue weighted by Crippen LogP contribution is -2.33. The van der Waals surface area contributed by atoms with Crippen LogP contribution in [0.5, 0.6) is 0 Å². The highest BCUT2D eigenvalue weighted by Crippen LogP contribution is 2.31. The molecule has 1 aliphatic rings. The van der Waals surface area contributed by atoms with Crippen molar-refractivity contribution in [2.75, 3.05) is 0 Å². The number of aliphatic hydroxyl groups excluding tert-OH is 1. The first-order valence-corrected chi connectivity index (χ1v) is 12.5. The molecule has 0 spiro atoms. The van der Waals surface area contributed by atoms with Crippen LogP contribution in [0.25, 0.3) is 5.76 Å². The lowest BCUT2D eigenvalue weighted by molar-refractivity contribution is -0.119. The standard InChI is InChI=1S/C28H42O3/c1-2-3-4-5-6-7-8-9-10-11-12-13-17-21-28(31)22-20-25(26(29)23-28)27(30)24-18-15-14-16-19-24/h14-16,18-20,22,30-31H,2-13,17,21,23H2,1H3. The first-order chi connectivity index (χ1) is 15.1. The lowest BCUT2D eigenvalue weighted by Gasteiger charge is -2.28. The van der Waals surface area contributed by atoms with Crippen molar-refractivity contribution in [3.8, 4) is 0 Å². The van der Waals surface area contributed by atoms with Gasteiger partial charge in [-0.15, -0.1) is 0 Å². The van der Waals surface area contributed by atoms with E-state index in [1.54, 1.807) is 24.3 Å². The van der Waals surface area contributed by atoms with E-state index in [1.165, 1.54) is 70.6 Å². The second-order valence-electron chi connectivity index (χ2n) is 9.16. The quantitative estimate of drug-likeness (QED) is 0.172. The lowest BCUT2D eigenvalue weighted by atomic mass is 9.82. The van der Waals surface area contributed by atoms with E-state index in [0.29, 0.717) is 17.6 Å². The van der Waals surface area contributed by atoms with Crippen molar-refractivity contribution in [1.29, 1.82) is 0 Å². The summed E-state index contributed by atoms with van der Waals surface area (Å²) in [5.74, 6) is -0.203. The van der Waals surface area contributed by atoms with Gasteiger partial charge >= 0.3 is 0 Å². The summed E-state index contributed by atoms with van der Waals surface area (Å²) in [4.78, 5) is 12.5. The molecule has 0 bridgehead atoms. The molecule has 0 saturated heterocycles. The Balaban J connectivity index is 1.60. The highest BCUT2D eigenvalue weighted by atomic mass is 16.3. The maximum absolute atomic E-state index is 12.5. The number of hydrogen-bond acceptors (Lipinski definition) is 3. The van der Waals surface area contributed by atoms with Crippen LogP contribution in [0, 0.1) is 0 Å². The SMILES string of the molecule is CCCCCCCCCCCCCCCC1(O)C=CC(=C(O)c2ccccc2)C(=O)C1. The van der Waals surface area contributed by atoms with Crippen molar-refractivity contribution >= 4 is 11.5 Å². The zero-order valence-electron chi connectivity index (χ0n) is 19.5. The van der Waals surface area contributed by atoms with Crippen LogP contribution in [0.1, 0.15) is 109 Å². The van der Waals surface area contributed by atoms with Crippen molar-refractivity contribution in [2.24, 2.45) is 0 Å². The molecular formula is C28H42O3. The summed E-state index contributed by atoms with van der Waals surface area (Å²) in [6, 6.07) is 9.08. The van der Waals surface area contributed by atoms with Gasteiger partial charge in [-0.2, -0.15) is 0 Å². The molecule has 31 heavy (non-hydrogen) atoms. The largest absolute Gasteiger partial charge is 0.507 e. The molecule has 2 rings (SSSR count). The Kier molecular flexibility index (Phi) is 11.7. The van der Waals surface area contributed by atoms with Gasteiger partial charge in [-0.25, -0.2) is 0 Å². The van der Waals surface area contributed by atoms with E-state index in [4.69, 9.17) is 0 Å². The Labute approximate surface area is 189 Å². The normalized spacial score (nSPS) is 20.3. The van der Waals surface area contributed by atoms with Crippen LogP contribution >= 0.6 is 0 Å². The number of carbonyl (C=O) groups is 1. The molecule has 1 unspecified atom stereocenters. The van der Waals surface area contributed by atoms with Crippen molar-refractivity contribution in [3.63, 3.8) is 0 Å². The smallest absolute Gasteiger partial charge is 0.169 e. The van der Waals surface area contributed by atoms with Crippen LogP contribution in [-0.2, 0) is 4.79 Å². The molecule has 172 valence electrons. The molecule has 0 saturated carbocycles. The number of Topliss-reactive ketones (excluding diaryl/α,β-unsaturated/α-hetero) is 1. The summed E-state index contributed by atoms with van der Waals surface area (Å²) < 4.78 is 0. The highest BCUT2D eigenvalue weighted by molar-refractivity contribution is 6.05. The highest BCUT2D eigenvalue weighted by Gasteiger charge is 2.32. The topological polar surface area (TPSA) is 57.5 Å². The van der Waals surface area contributed by atoms with E-state index in [0.717, 1.165) is 12.8 Å². The molecule has 0 radical (unpaired) electrons. The number of hydrogen-bond donors (Lipinski definition) is 2. The number of carbonyl (C=O) groups excluding carboxylic acids is 1. The van der Waals surface area contributed by atoms with Gasteiger partial charge in [0, 0.05) is 12.0 Å². The van der Waals surface area contributed by atoms with Gasteiger partial charge in [0.1, 0.15) is 5.76 Å². The summed E-state index contributed by atoms with van der Waals surface area (Å²) in [7, 11) is 0. The summed E-state index contributed by atoms with van der Waals surface area (Å²) in [5.41, 5.74) is -0.159. The third-order valence-corrected chi connectivity index (χ3v) is 6.34. The number of unbranched alkanes of at least 4 members (excludes halogenated alkanes) is 12. The first kappa shape index (κ1) is 25.4. The van der Waals surface area contributed by atoms with Gasteiger partial charge in [-0.05, 0) is 12.5 Å². The van der Waals surface area contributed by atoms with Gasteiger partial charge in [0.05, 0.1) is 11.2 Å². The minimum absolute atomic E-state index is 0.00939. The molecule has 0 fully saturated rings. The Morgan fingerprint density at radius 3 is 1.87 bits per heavy atom. The molecule has 1 aromatic carbocycles. The maximum Gasteiger partial charge on any atom is 0.169 e. The van der Waals surface area contributed by atoms with Crippen molar-refractivity contribution in [3.05, 3.63) is 53.6 Å². The first-order valence-electron chi connectivity index (χ1n) is 12.5. The molecule has 3 heteroatoms. The maximum atomic E-state index is 12.5. The monoisotopic (exact) mass is 426 g/mol. The van der Waals surface area contributed by atoms with Gasteiger partial charge in [-0.3, -0.25) is 4.79 Å². The Morgan fingerprint density at radius 2 is 1.35 bits per heavy atom. The van der Waals surface area contributed by atoms with E-state index in [9.17, 15) is 15.0 Å². The van der Waals surface area contributed by atoms with E-state index in [2.05, 4.69) is 6.92 Å². The second kappa shape index (κ2) is 14.2. The summed E-state index contributed by atoms with van der Waals surface area (Å²) >= 11 is 0. The average Bonchev–Trinajstić information content (AvgIpc) is 2.77. The van der Waals surface area contributed by atoms with Gasteiger partial charge in [0.2, 0.25) is 0 Å². The fourth-order valence-electron chi connectivity index (χ4n) is 4.35. The van der Waals surface area contributed by atoms with Crippen LogP contribution in [-0.4, -0.2) is 21.6 Å². The number of aliphatic hydroxyl groups is 2. The Hall–Kier alpha value is -1.87. The third-order valence-electron chi connectivity index (χ3n) is 6.34. The molecule has 2 N–H and O–H groups in total. The van der Waals surface area contributed by atoms with Gasteiger partial charge < -0.3 is 10.2 Å². The molecule has 0 aromatic heterocycles. The molecule has 0 amide bonds. The molecule has 1 aliphatic carbocycles. The number of benzene rings is 1. The number of rotatable bonds is 15. The molecule has 0 heterocycles. The number of allylic oxidation sites excluding steroid dienone is 2.